The smallest absolute Gasteiger partial charge is 0.344 e. The molecule has 1 heterocycles. The highest BCUT2D eigenvalue weighted by Crippen LogP contribution is 2.41. The minimum absolute atomic E-state index is 0.156. The van der Waals surface area contributed by atoms with Crippen molar-refractivity contribution >= 4 is 40.1 Å². The molecule has 1 unspecified atom stereocenters. The summed E-state index contributed by atoms with van der Waals surface area (Å²) in [6.07, 6.45) is 2.15. The minimum atomic E-state index is -1.02. The fourth-order valence-corrected chi connectivity index (χ4v) is 3.31. The first kappa shape index (κ1) is 19.5. The molecule has 0 saturated heterocycles. The van der Waals surface area contributed by atoms with Crippen molar-refractivity contribution in [1.29, 1.82) is 0 Å². The summed E-state index contributed by atoms with van der Waals surface area (Å²) in [6, 6.07) is 10.7. The molecular weight excluding hydrogens is 389 g/mol. The summed E-state index contributed by atoms with van der Waals surface area (Å²) in [4.78, 5) is 11.5. The molecule has 0 radical (unpaired) electrons. The largest absolute Gasteiger partial charge is 0.479 e. The Morgan fingerprint density at radius 1 is 1.19 bits per heavy atom. The second kappa shape index (κ2) is 8.63. The molecule has 0 aliphatic rings. The summed E-state index contributed by atoms with van der Waals surface area (Å²) in [6.45, 7) is 2.06. The lowest BCUT2D eigenvalue weighted by atomic mass is 10.1. The Kier molecular flexibility index (Phi) is 6.24. The molecule has 0 spiro atoms. The van der Waals surface area contributed by atoms with Crippen molar-refractivity contribution in [3.63, 3.8) is 0 Å². The van der Waals surface area contributed by atoms with Gasteiger partial charge in [-0.2, -0.15) is 0 Å². The molecule has 3 aromatic rings. The summed E-state index contributed by atoms with van der Waals surface area (Å²) >= 11 is 12.8. The van der Waals surface area contributed by atoms with Crippen molar-refractivity contribution < 1.29 is 19.2 Å². The highest BCUT2D eigenvalue weighted by molar-refractivity contribution is 6.44. The van der Waals surface area contributed by atoms with Gasteiger partial charge in [0.15, 0.2) is 11.7 Å². The van der Waals surface area contributed by atoms with Crippen LogP contribution in [0.15, 0.2) is 40.9 Å². The van der Waals surface area contributed by atoms with Crippen molar-refractivity contribution in [3.8, 4) is 17.0 Å². The van der Waals surface area contributed by atoms with E-state index in [0.717, 1.165) is 24.6 Å². The number of unbranched alkanes of at least 4 members (excludes halogenated alkanes) is 2. The summed E-state index contributed by atoms with van der Waals surface area (Å²) < 4.78 is 11.0. The first-order chi connectivity index (χ1) is 13.0. The van der Waals surface area contributed by atoms with Gasteiger partial charge in [-0.3, -0.25) is 0 Å². The number of ether oxygens (including phenoxy) is 1. The highest BCUT2D eigenvalue weighted by Gasteiger charge is 2.23. The van der Waals surface area contributed by atoms with Crippen LogP contribution in [0.5, 0.6) is 5.75 Å². The first-order valence-electron chi connectivity index (χ1n) is 8.75. The molecule has 0 amide bonds. The van der Waals surface area contributed by atoms with E-state index in [1.165, 1.54) is 0 Å². The molecule has 1 aromatic heterocycles. The number of carbonyl (C=O) groups is 1. The number of benzene rings is 2. The second-order valence-corrected chi connectivity index (χ2v) is 6.96. The van der Waals surface area contributed by atoms with E-state index < -0.39 is 12.1 Å². The number of aromatic nitrogens is 1. The van der Waals surface area contributed by atoms with Crippen molar-refractivity contribution in [2.24, 2.45) is 0 Å². The van der Waals surface area contributed by atoms with E-state index in [9.17, 15) is 9.90 Å². The third-order valence-electron chi connectivity index (χ3n) is 4.29. The first-order valence-corrected chi connectivity index (χ1v) is 9.50. The van der Waals surface area contributed by atoms with Gasteiger partial charge in [-0.1, -0.05) is 60.3 Å². The highest BCUT2D eigenvalue weighted by atomic mass is 35.5. The van der Waals surface area contributed by atoms with Gasteiger partial charge < -0.3 is 14.4 Å². The molecule has 0 bridgehead atoms. The van der Waals surface area contributed by atoms with Crippen molar-refractivity contribution in [3.05, 3.63) is 46.4 Å². The van der Waals surface area contributed by atoms with Gasteiger partial charge in [-0.15, -0.1) is 0 Å². The quantitative estimate of drug-likeness (QED) is 0.449. The maximum atomic E-state index is 11.5. The number of carboxylic acid groups (broad SMARTS) is 1. The molecule has 0 aliphatic carbocycles. The summed E-state index contributed by atoms with van der Waals surface area (Å²) in [7, 11) is 0. The van der Waals surface area contributed by atoms with E-state index in [1.807, 2.05) is 24.3 Å². The molecule has 1 atom stereocenters. The molecular formula is C20H19Cl2NO4. The van der Waals surface area contributed by atoms with Crippen LogP contribution in [-0.2, 0) is 4.79 Å². The average Bonchev–Trinajstić information content (AvgIpc) is 3.08. The van der Waals surface area contributed by atoms with Gasteiger partial charge in [0.25, 0.3) is 0 Å². The van der Waals surface area contributed by atoms with Crippen LogP contribution in [0.4, 0.5) is 0 Å². The number of halogens is 2. The van der Waals surface area contributed by atoms with Crippen LogP contribution in [0.25, 0.3) is 22.2 Å². The third kappa shape index (κ3) is 4.20. The van der Waals surface area contributed by atoms with E-state index in [1.54, 1.807) is 12.1 Å². The number of fused-ring (bicyclic) bond motifs is 1. The number of rotatable bonds is 8. The Morgan fingerprint density at radius 2 is 1.96 bits per heavy atom. The van der Waals surface area contributed by atoms with Crippen molar-refractivity contribution in [2.75, 3.05) is 0 Å². The second-order valence-electron chi connectivity index (χ2n) is 6.21. The standard InChI is InChI=1S/C20H19Cl2NO4/c1-2-3-4-9-16(20(24)25)26-15-11-10-13(17(21)18(15)22)19-12-7-5-6-8-14(12)27-23-19/h5-8,10-11,16H,2-4,9H2,1H3,(H,24,25). The Bertz CT molecular complexity index is 954. The fraction of sp³-hybridized carbons (Fsp3) is 0.300. The monoisotopic (exact) mass is 407 g/mol. The maximum absolute atomic E-state index is 11.5. The van der Waals surface area contributed by atoms with Crippen molar-refractivity contribution in [1.82, 2.24) is 5.16 Å². The molecule has 1 N–H and O–H groups in total. The Labute approximate surface area is 166 Å². The van der Waals surface area contributed by atoms with Gasteiger partial charge in [-0.05, 0) is 37.1 Å². The lowest BCUT2D eigenvalue weighted by Crippen LogP contribution is -2.27. The predicted octanol–water partition coefficient (Wildman–Crippen LogP) is 6.21. The van der Waals surface area contributed by atoms with Crippen LogP contribution in [-0.4, -0.2) is 22.3 Å². The van der Waals surface area contributed by atoms with Crippen molar-refractivity contribution in [2.45, 2.75) is 38.7 Å². The Morgan fingerprint density at radius 3 is 2.70 bits per heavy atom. The topological polar surface area (TPSA) is 72.6 Å². The van der Waals surface area contributed by atoms with Gasteiger partial charge in [0.05, 0.1) is 5.02 Å². The fourth-order valence-electron chi connectivity index (χ4n) is 2.85. The molecule has 5 nitrogen and oxygen atoms in total. The minimum Gasteiger partial charge on any atom is -0.479 e. The Hall–Kier alpha value is -2.24. The number of para-hydroxylation sites is 1. The van der Waals surface area contributed by atoms with Crippen LogP contribution in [0.1, 0.15) is 32.6 Å². The number of aliphatic carboxylic acids is 1. The molecule has 0 fully saturated rings. The number of hydrogen-bond acceptors (Lipinski definition) is 4. The van der Waals surface area contributed by atoms with Gasteiger partial charge in [0, 0.05) is 10.9 Å². The summed E-state index contributed by atoms with van der Waals surface area (Å²) in [5.41, 5.74) is 1.81. The molecule has 0 aliphatic heterocycles. The molecule has 142 valence electrons. The van der Waals surface area contributed by atoms with Gasteiger partial charge in [0.1, 0.15) is 16.5 Å². The zero-order valence-corrected chi connectivity index (χ0v) is 16.3. The lowest BCUT2D eigenvalue weighted by molar-refractivity contribution is -0.145. The van der Waals surface area contributed by atoms with E-state index in [2.05, 4.69) is 12.1 Å². The van der Waals surface area contributed by atoms with Crippen LogP contribution in [0, 0.1) is 0 Å². The lowest BCUT2D eigenvalue weighted by Gasteiger charge is -2.17. The van der Waals surface area contributed by atoms with E-state index >= 15 is 0 Å². The third-order valence-corrected chi connectivity index (χ3v) is 5.16. The Balaban J connectivity index is 1.89. The van der Waals surface area contributed by atoms with Crippen LogP contribution in [0.2, 0.25) is 10.0 Å². The summed E-state index contributed by atoms with van der Waals surface area (Å²) in [5.74, 6) is -0.785. The average molecular weight is 408 g/mol. The molecule has 7 heteroatoms. The van der Waals surface area contributed by atoms with E-state index in [-0.39, 0.29) is 15.8 Å². The molecule has 3 rings (SSSR count). The SMILES string of the molecule is CCCCCC(Oc1ccc(-c2noc3ccccc23)c(Cl)c1Cl)C(=O)O. The van der Waals surface area contributed by atoms with Gasteiger partial charge in [0.2, 0.25) is 0 Å². The molecule has 0 saturated carbocycles. The van der Waals surface area contributed by atoms with Crippen LogP contribution >= 0.6 is 23.2 Å². The maximum Gasteiger partial charge on any atom is 0.344 e. The van der Waals surface area contributed by atoms with Gasteiger partial charge in [-0.25, -0.2) is 4.79 Å². The number of nitrogens with zero attached hydrogens (tertiary/aromatic N) is 1. The zero-order chi connectivity index (χ0) is 19.4. The van der Waals surface area contributed by atoms with Crippen LogP contribution < -0.4 is 4.74 Å². The zero-order valence-electron chi connectivity index (χ0n) is 14.7. The van der Waals surface area contributed by atoms with E-state index in [4.69, 9.17) is 32.5 Å². The number of hydrogen-bond donors (Lipinski definition) is 1. The summed E-state index contributed by atoms with van der Waals surface area (Å²) in [5, 5.41) is 14.7. The molecule has 27 heavy (non-hydrogen) atoms. The van der Waals surface area contributed by atoms with Crippen LogP contribution in [0.3, 0.4) is 0 Å². The van der Waals surface area contributed by atoms with E-state index in [0.29, 0.717) is 23.3 Å². The molecule has 2 aromatic carbocycles. The normalized spacial score (nSPS) is 12.3. The number of carboxylic acids is 1. The predicted molar refractivity (Wildman–Crippen MR) is 106 cm³/mol. The van der Waals surface area contributed by atoms with Gasteiger partial charge >= 0.3 is 5.97 Å².